The summed E-state index contributed by atoms with van der Waals surface area (Å²) in [5, 5.41) is 1.03. The van der Waals surface area contributed by atoms with E-state index in [1.165, 1.54) is 11.1 Å². The van der Waals surface area contributed by atoms with Gasteiger partial charge in [-0.1, -0.05) is 52.0 Å². The summed E-state index contributed by atoms with van der Waals surface area (Å²) in [4.78, 5) is 20.6. The van der Waals surface area contributed by atoms with Crippen LogP contribution in [0.15, 0.2) is 30.5 Å². The standard InChI is InChI=1S/C21H28N2OS/c1-5-12-23(17-11-10-15-8-6-7-9-16(15)13-17)19(24)18-14-22-20(25-18)21(2,3)4/h6-9,14,17H,5,10-13H2,1-4H3. The van der Waals surface area contributed by atoms with Crippen molar-refractivity contribution in [1.82, 2.24) is 9.88 Å². The highest BCUT2D eigenvalue weighted by molar-refractivity contribution is 7.13. The third-order valence-corrected chi connectivity index (χ3v) is 6.26. The van der Waals surface area contributed by atoms with Gasteiger partial charge in [0.15, 0.2) is 0 Å². The number of benzene rings is 1. The van der Waals surface area contributed by atoms with Crippen LogP contribution in [0, 0.1) is 0 Å². The van der Waals surface area contributed by atoms with E-state index in [1.54, 1.807) is 17.5 Å². The fourth-order valence-electron chi connectivity index (χ4n) is 3.50. The van der Waals surface area contributed by atoms with Crippen LogP contribution in [0.5, 0.6) is 0 Å². The van der Waals surface area contributed by atoms with E-state index < -0.39 is 0 Å². The predicted octanol–water partition coefficient (Wildman–Crippen LogP) is 4.85. The molecular weight excluding hydrogens is 328 g/mol. The smallest absolute Gasteiger partial charge is 0.265 e. The molecule has 1 aromatic carbocycles. The molecule has 1 unspecified atom stereocenters. The van der Waals surface area contributed by atoms with Crippen molar-refractivity contribution < 1.29 is 4.79 Å². The molecule has 1 heterocycles. The maximum Gasteiger partial charge on any atom is 0.265 e. The molecular formula is C21H28N2OS. The van der Waals surface area contributed by atoms with Crippen LogP contribution in [0.4, 0.5) is 0 Å². The van der Waals surface area contributed by atoms with E-state index in [0.29, 0.717) is 6.04 Å². The second kappa shape index (κ2) is 7.28. The van der Waals surface area contributed by atoms with Crippen LogP contribution in [0.2, 0.25) is 0 Å². The molecule has 1 aliphatic carbocycles. The Kier molecular flexibility index (Phi) is 5.28. The van der Waals surface area contributed by atoms with Gasteiger partial charge in [0.25, 0.3) is 5.91 Å². The fraction of sp³-hybridized carbons (Fsp3) is 0.524. The molecule has 1 amide bonds. The van der Waals surface area contributed by atoms with Gasteiger partial charge in [-0.3, -0.25) is 4.79 Å². The number of hydrogen-bond acceptors (Lipinski definition) is 3. The first-order valence-corrected chi connectivity index (χ1v) is 10.1. The molecule has 134 valence electrons. The molecule has 25 heavy (non-hydrogen) atoms. The minimum Gasteiger partial charge on any atom is -0.335 e. The van der Waals surface area contributed by atoms with Crippen molar-refractivity contribution in [2.45, 2.75) is 64.8 Å². The molecule has 3 rings (SSSR count). The molecule has 0 spiro atoms. The van der Waals surface area contributed by atoms with Crippen molar-refractivity contribution in [3.63, 3.8) is 0 Å². The Hall–Kier alpha value is -1.68. The molecule has 1 aromatic heterocycles. The summed E-state index contributed by atoms with van der Waals surface area (Å²) in [5.41, 5.74) is 2.82. The van der Waals surface area contributed by atoms with E-state index in [4.69, 9.17) is 0 Å². The molecule has 0 fully saturated rings. The average Bonchev–Trinajstić information content (AvgIpc) is 3.09. The van der Waals surface area contributed by atoms with Gasteiger partial charge in [0.1, 0.15) is 4.88 Å². The van der Waals surface area contributed by atoms with Crippen LogP contribution in [-0.2, 0) is 18.3 Å². The highest BCUT2D eigenvalue weighted by Crippen LogP contribution is 2.30. The molecule has 1 atom stereocenters. The van der Waals surface area contributed by atoms with E-state index in [-0.39, 0.29) is 11.3 Å². The third kappa shape index (κ3) is 3.95. The molecule has 0 aliphatic heterocycles. The average molecular weight is 357 g/mol. The van der Waals surface area contributed by atoms with Crippen molar-refractivity contribution in [3.8, 4) is 0 Å². The number of aryl methyl sites for hydroxylation is 1. The summed E-state index contributed by atoms with van der Waals surface area (Å²) in [6, 6.07) is 8.94. The Morgan fingerprint density at radius 2 is 2.00 bits per heavy atom. The van der Waals surface area contributed by atoms with Gasteiger partial charge >= 0.3 is 0 Å². The molecule has 2 aromatic rings. The van der Waals surface area contributed by atoms with Crippen LogP contribution in [0.3, 0.4) is 0 Å². The normalized spacial score (nSPS) is 17.2. The van der Waals surface area contributed by atoms with Crippen LogP contribution in [-0.4, -0.2) is 28.4 Å². The number of carbonyl (C=O) groups is 1. The molecule has 0 saturated carbocycles. The number of hydrogen-bond donors (Lipinski definition) is 0. The van der Waals surface area contributed by atoms with E-state index in [2.05, 4.69) is 61.8 Å². The molecule has 0 N–H and O–H groups in total. The van der Waals surface area contributed by atoms with E-state index in [1.807, 2.05) is 0 Å². The number of nitrogens with zero attached hydrogens (tertiary/aromatic N) is 2. The summed E-state index contributed by atoms with van der Waals surface area (Å²) < 4.78 is 0. The lowest BCUT2D eigenvalue weighted by Gasteiger charge is -2.35. The van der Waals surface area contributed by atoms with E-state index in [9.17, 15) is 4.79 Å². The summed E-state index contributed by atoms with van der Waals surface area (Å²) in [5.74, 6) is 0.152. The van der Waals surface area contributed by atoms with Gasteiger partial charge in [-0.05, 0) is 36.8 Å². The van der Waals surface area contributed by atoms with E-state index >= 15 is 0 Å². The molecule has 0 radical (unpaired) electrons. The zero-order valence-corrected chi connectivity index (χ0v) is 16.5. The topological polar surface area (TPSA) is 33.2 Å². The lowest BCUT2D eigenvalue weighted by molar-refractivity contribution is 0.0666. The Labute approximate surface area is 155 Å². The van der Waals surface area contributed by atoms with Crippen molar-refractivity contribution in [1.29, 1.82) is 0 Å². The van der Waals surface area contributed by atoms with Gasteiger partial charge in [-0.15, -0.1) is 11.3 Å². The number of carbonyl (C=O) groups excluding carboxylic acids is 1. The van der Waals surface area contributed by atoms with Gasteiger partial charge in [0.05, 0.1) is 11.2 Å². The molecule has 4 heteroatoms. The fourth-order valence-corrected chi connectivity index (χ4v) is 4.43. The largest absolute Gasteiger partial charge is 0.335 e. The number of aromatic nitrogens is 1. The second-order valence-electron chi connectivity index (χ2n) is 7.94. The van der Waals surface area contributed by atoms with Gasteiger partial charge in [-0.25, -0.2) is 4.98 Å². The Morgan fingerprint density at radius 3 is 2.64 bits per heavy atom. The SMILES string of the molecule is CCCN(C(=O)c1cnc(C(C)(C)C)s1)C1CCc2ccccc2C1. The molecule has 0 saturated heterocycles. The maximum absolute atomic E-state index is 13.2. The number of amides is 1. The Morgan fingerprint density at radius 1 is 1.28 bits per heavy atom. The Bertz CT molecular complexity index is 744. The highest BCUT2D eigenvalue weighted by Gasteiger charge is 2.29. The third-order valence-electron chi connectivity index (χ3n) is 4.85. The second-order valence-corrected chi connectivity index (χ2v) is 8.97. The lowest BCUT2D eigenvalue weighted by atomic mass is 9.87. The quantitative estimate of drug-likeness (QED) is 0.784. The van der Waals surface area contributed by atoms with E-state index in [0.717, 1.165) is 42.1 Å². The summed E-state index contributed by atoms with van der Waals surface area (Å²) in [7, 11) is 0. The summed E-state index contributed by atoms with van der Waals surface area (Å²) in [6.45, 7) is 9.38. The predicted molar refractivity (Wildman–Crippen MR) is 104 cm³/mol. The van der Waals surface area contributed by atoms with Crippen LogP contribution in [0.1, 0.15) is 66.3 Å². The van der Waals surface area contributed by atoms with Crippen LogP contribution >= 0.6 is 11.3 Å². The van der Waals surface area contributed by atoms with Crippen molar-refractivity contribution >= 4 is 17.2 Å². The zero-order chi connectivity index (χ0) is 18.0. The first-order valence-electron chi connectivity index (χ1n) is 9.24. The van der Waals surface area contributed by atoms with Gasteiger partial charge < -0.3 is 4.90 Å². The lowest BCUT2D eigenvalue weighted by Crippen LogP contribution is -2.43. The summed E-state index contributed by atoms with van der Waals surface area (Å²) in [6.07, 6.45) is 5.83. The van der Waals surface area contributed by atoms with Crippen molar-refractivity contribution in [2.24, 2.45) is 0 Å². The minimum atomic E-state index is -0.0113. The van der Waals surface area contributed by atoms with Crippen LogP contribution < -0.4 is 0 Å². The zero-order valence-electron chi connectivity index (χ0n) is 15.7. The molecule has 0 bridgehead atoms. The van der Waals surface area contributed by atoms with Gasteiger partial charge in [0.2, 0.25) is 0 Å². The number of thiazole rings is 1. The maximum atomic E-state index is 13.2. The minimum absolute atomic E-state index is 0.0113. The van der Waals surface area contributed by atoms with Crippen molar-refractivity contribution in [2.75, 3.05) is 6.54 Å². The van der Waals surface area contributed by atoms with Gasteiger partial charge in [0, 0.05) is 18.0 Å². The highest BCUT2D eigenvalue weighted by atomic mass is 32.1. The Balaban J connectivity index is 1.81. The monoisotopic (exact) mass is 356 g/mol. The molecule has 3 nitrogen and oxygen atoms in total. The number of rotatable bonds is 4. The first kappa shape index (κ1) is 18.1. The molecule has 1 aliphatic rings. The van der Waals surface area contributed by atoms with Crippen molar-refractivity contribution in [3.05, 3.63) is 51.5 Å². The summed E-state index contributed by atoms with van der Waals surface area (Å²) >= 11 is 1.55. The van der Waals surface area contributed by atoms with Gasteiger partial charge in [-0.2, -0.15) is 0 Å². The first-order chi connectivity index (χ1) is 11.9. The number of fused-ring (bicyclic) bond motifs is 1. The van der Waals surface area contributed by atoms with Crippen LogP contribution in [0.25, 0.3) is 0 Å².